The zero-order valence-corrected chi connectivity index (χ0v) is 12.1. The number of methoxy groups -OCH3 is 1. The molecule has 4 heteroatoms. The predicted molar refractivity (Wildman–Crippen MR) is 75.4 cm³/mol. The Hall–Kier alpha value is -1.29. The Labute approximate surface area is 115 Å². The minimum absolute atomic E-state index is 0.0798. The number of nitrogens with zero attached hydrogens (tertiary/aromatic N) is 2. The van der Waals surface area contributed by atoms with Gasteiger partial charge in [-0.15, -0.1) is 0 Å². The SMILES string of the molecule is COC(C)(C)C(=O)N1CCN(C2=CC[CH]C=C2)CC1. The molecule has 1 aliphatic carbocycles. The molecule has 0 unspecified atom stereocenters. The summed E-state index contributed by atoms with van der Waals surface area (Å²) in [7, 11) is 1.59. The van der Waals surface area contributed by atoms with E-state index >= 15 is 0 Å². The fourth-order valence-corrected chi connectivity index (χ4v) is 2.37. The van der Waals surface area contributed by atoms with Crippen LogP contribution in [0.25, 0.3) is 0 Å². The Morgan fingerprint density at radius 3 is 2.47 bits per heavy atom. The number of piperazine rings is 1. The normalized spacial score (nSPS) is 20.5. The van der Waals surface area contributed by atoms with Crippen molar-refractivity contribution in [2.45, 2.75) is 25.9 Å². The van der Waals surface area contributed by atoms with E-state index in [2.05, 4.69) is 29.5 Å². The molecule has 4 nitrogen and oxygen atoms in total. The van der Waals surface area contributed by atoms with Crippen LogP contribution >= 0.6 is 0 Å². The van der Waals surface area contributed by atoms with Gasteiger partial charge in [-0.3, -0.25) is 4.79 Å². The largest absolute Gasteiger partial charge is 0.369 e. The lowest BCUT2D eigenvalue weighted by atomic mass is 10.1. The maximum atomic E-state index is 12.3. The molecule has 0 bridgehead atoms. The molecule has 1 amide bonds. The average molecular weight is 263 g/mol. The highest BCUT2D eigenvalue weighted by molar-refractivity contribution is 5.84. The summed E-state index contributed by atoms with van der Waals surface area (Å²) in [6, 6.07) is 0. The van der Waals surface area contributed by atoms with E-state index in [0.29, 0.717) is 0 Å². The number of rotatable bonds is 3. The van der Waals surface area contributed by atoms with Crippen molar-refractivity contribution >= 4 is 5.91 Å². The monoisotopic (exact) mass is 263 g/mol. The highest BCUT2D eigenvalue weighted by Crippen LogP contribution is 2.18. The Morgan fingerprint density at radius 1 is 1.26 bits per heavy atom. The van der Waals surface area contributed by atoms with Crippen LogP contribution in [0.5, 0.6) is 0 Å². The number of carbonyl (C=O) groups excluding carboxylic acids is 1. The zero-order chi connectivity index (χ0) is 13.9. The van der Waals surface area contributed by atoms with Gasteiger partial charge in [0.2, 0.25) is 0 Å². The minimum Gasteiger partial charge on any atom is -0.369 e. The molecule has 1 radical (unpaired) electrons. The summed E-state index contributed by atoms with van der Waals surface area (Å²) in [5.74, 6) is 0.0798. The van der Waals surface area contributed by atoms with E-state index in [4.69, 9.17) is 4.74 Å². The maximum Gasteiger partial charge on any atom is 0.254 e. The number of amides is 1. The molecule has 2 aliphatic rings. The van der Waals surface area contributed by atoms with E-state index in [-0.39, 0.29) is 5.91 Å². The molecule has 0 aromatic carbocycles. The van der Waals surface area contributed by atoms with Crippen molar-refractivity contribution in [3.63, 3.8) is 0 Å². The average Bonchev–Trinajstić information content (AvgIpc) is 2.47. The molecule has 2 rings (SSSR count). The summed E-state index contributed by atoms with van der Waals surface area (Å²) in [4.78, 5) is 16.5. The lowest BCUT2D eigenvalue weighted by Crippen LogP contribution is -2.54. The highest BCUT2D eigenvalue weighted by Gasteiger charge is 2.33. The fraction of sp³-hybridized carbons (Fsp3) is 0.600. The van der Waals surface area contributed by atoms with Crippen molar-refractivity contribution in [2.24, 2.45) is 0 Å². The first-order valence-electron chi connectivity index (χ1n) is 6.84. The molecule has 0 spiro atoms. The van der Waals surface area contributed by atoms with Gasteiger partial charge >= 0.3 is 0 Å². The molecule has 1 saturated heterocycles. The first-order valence-corrected chi connectivity index (χ1v) is 6.84. The van der Waals surface area contributed by atoms with Crippen LogP contribution in [0.1, 0.15) is 20.3 Å². The van der Waals surface area contributed by atoms with Gasteiger partial charge in [0.05, 0.1) is 0 Å². The van der Waals surface area contributed by atoms with Crippen molar-refractivity contribution in [1.29, 1.82) is 0 Å². The summed E-state index contributed by atoms with van der Waals surface area (Å²) in [5, 5.41) is 0. The van der Waals surface area contributed by atoms with Crippen LogP contribution in [0.15, 0.2) is 23.9 Å². The molecule has 0 saturated carbocycles. The van der Waals surface area contributed by atoms with Gasteiger partial charge in [-0.1, -0.05) is 12.2 Å². The van der Waals surface area contributed by atoms with Gasteiger partial charge in [-0.05, 0) is 32.8 Å². The third-order valence-corrected chi connectivity index (χ3v) is 3.82. The third kappa shape index (κ3) is 3.18. The first-order chi connectivity index (χ1) is 9.04. The Balaban J connectivity index is 1.91. The summed E-state index contributed by atoms with van der Waals surface area (Å²) in [5.41, 5.74) is 0.557. The second-order valence-corrected chi connectivity index (χ2v) is 5.45. The molecule has 0 N–H and O–H groups in total. The fourth-order valence-electron chi connectivity index (χ4n) is 2.37. The van der Waals surface area contributed by atoms with E-state index in [9.17, 15) is 4.79 Å². The Morgan fingerprint density at radius 2 is 1.95 bits per heavy atom. The standard InChI is InChI=1S/C15H23N2O2/c1-15(2,19-3)14(18)17-11-9-16(10-12-17)13-7-5-4-6-8-13/h4-5,7-8H,6,9-12H2,1-3H3. The second kappa shape index (κ2) is 5.78. The molecular weight excluding hydrogens is 240 g/mol. The molecule has 0 aromatic heterocycles. The molecule has 1 fully saturated rings. The van der Waals surface area contributed by atoms with Crippen LogP contribution in [0.2, 0.25) is 0 Å². The Kier molecular flexibility index (Phi) is 4.30. The molecule has 0 aromatic rings. The number of carbonyl (C=O) groups is 1. The summed E-state index contributed by atoms with van der Waals surface area (Å²) in [6.07, 6.45) is 9.61. The van der Waals surface area contributed by atoms with E-state index < -0.39 is 5.60 Å². The van der Waals surface area contributed by atoms with E-state index in [1.807, 2.05) is 18.7 Å². The molecule has 0 atom stereocenters. The van der Waals surface area contributed by atoms with Crippen LogP contribution < -0.4 is 0 Å². The van der Waals surface area contributed by atoms with Crippen LogP contribution in [0.4, 0.5) is 0 Å². The Bertz CT molecular complexity index is 391. The van der Waals surface area contributed by atoms with E-state index in [0.717, 1.165) is 32.6 Å². The van der Waals surface area contributed by atoms with Gasteiger partial charge < -0.3 is 14.5 Å². The van der Waals surface area contributed by atoms with Crippen molar-refractivity contribution in [1.82, 2.24) is 9.80 Å². The highest BCUT2D eigenvalue weighted by atomic mass is 16.5. The molecule has 1 heterocycles. The summed E-state index contributed by atoms with van der Waals surface area (Å²) >= 11 is 0. The quantitative estimate of drug-likeness (QED) is 0.775. The molecular formula is C15H23N2O2. The number of hydrogen-bond donors (Lipinski definition) is 0. The first kappa shape index (κ1) is 14.1. The van der Waals surface area contributed by atoms with E-state index in [1.54, 1.807) is 7.11 Å². The zero-order valence-electron chi connectivity index (χ0n) is 12.1. The van der Waals surface area contributed by atoms with Gasteiger partial charge in [-0.25, -0.2) is 0 Å². The number of allylic oxidation sites excluding steroid dienone is 3. The second-order valence-electron chi connectivity index (χ2n) is 5.45. The number of hydrogen-bond acceptors (Lipinski definition) is 3. The van der Waals surface area contributed by atoms with Crippen LogP contribution in [-0.2, 0) is 9.53 Å². The van der Waals surface area contributed by atoms with Crippen molar-refractivity contribution in [3.05, 3.63) is 30.3 Å². The molecule has 1 aliphatic heterocycles. The lowest BCUT2D eigenvalue weighted by Gasteiger charge is -2.39. The maximum absolute atomic E-state index is 12.3. The van der Waals surface area contributed by atoms with Gasteiger partial charge in [0, 0.05) is 39.0 Å². The van der Waals surface area contributed by atoms with Crippen molar-refractivity contribution < 1.29 is 9.53 Å². The number of ether oxygens (including phenoxy) is 1. The smallest absolute Gasteiger partial charge is 0.254 e. The van der Waals surface area contributed by atoms with Gasteiger partial charge in [0.1, 0.15) is 5.60 Å². The predicted octanol–water partition coefficient (Wildman–Crippen LogP) is 1.60. The topological polar surface area (TPSA) is 32.8 Å². The van der Waals surface area contributed by atoms with Gasteiger partial charge in [0.15, 0.2) is 0 Å². The van der Waals surface area contributed by atoms with Crippen LogP contribution in [-0.4, -0.2) is 54.6 Å². The van der Waals surface area contributed by atoms with Crippen LogP contribution in [0.3, 0.4) is 0 Å². The van der Waals surface area contributed by atoms with E-state index in [1.165, 1.54) is 5.70 Å². The third-order valence-electron chi connectivity index (χ3n) is 3.82. The summed E-state index contributed by atoms with van der Waals surface area (Å²) < 4.78 is 5.26. The molecule has 105 valence electrons. The van der Waals surface area contributed by atoms with Gasteiger partial charge in [0.25, 0.3) is 5.91 Å². The van der Waals surface area contributed by atoms with Gasteiger partial charge in [-0.2, -0.15) is 0 Å². The van der Waals surface area contributed by atoms with Crippen LogP contribution in [0, 0.1) is 6.42 Å². The summed E-state index contributed by atoms with van der Waals surface area (Å²) in [6.45, 7) is 6.96. The lowest BCUT2D eigenvalue weighted by molar-refractivity contribution is -0.152. The minimum atomic E-state index is -0.721. The molecule has 19 heavy (non-hydrogen) atoms. The van der Waals surface area contributed by atoms with Crippen molar-refractivity contribution in [2.75, 3.05) is 33.3 Å². The van der Waals surface area contributed by atoms with Crippen molar-refractivity contribution in [3.8, 4) is 0 Å².